The van der Waals surface area contributed by atoms with Gasteiger partial charge in [0.15, 0.2) is 0 Å². The summed E-state index contributed by atoms with van der Waals surface area (Å²) in [6.45, 7) is 0.634. The van der Waals surface area contributed by atoms with E-state index >= 15 is 0 Å². The SMILES string of the molecule is Cn1cc(CO)c2ccc(CN)cc21. The Balaban J connectivity index is 2.70. The summed E-state index contributed by atoms with van der Waals surface area (Å²) in [4.78, 5) is 0. The third-order valence-electron chi connectivity index (χ3n) is 2.54. The Morgan fingerprint density at radius 1 is 1.43 bits per heavy atom. The van der Waals surface area contributed by atoms with Crippen molar-refractivity contribution in [2.45, 2.75) is 13.2 Å². The molecular formula is C11H14N2O. The summed E-state index contributed by atoms with van der Waals surface area (Å²) in [6.07, 6.45) is 1.95. The van der Waals surface area contributed by atoms with E-state index in [4.69, 9.17) is 10.8 Å². The van der Waals surface area contributed by atoms with Crippen molar-refractivity contribution in [3.8, 4) is 0 Å². The Kier molecular flexibility index (Phi) is 2.27. The minimum atomic E-state index is 0.0827. The van der Waals surface area contributed by atoms with Gasteiger partial charge in [0, 0.05) is 36.3 Å². The van der Waals surface area contributed by atoms with E-state index in [1.807, 2.05) is 29.9 Å². The summed E-state index contributed by atoms with van der Waals surface area (Å²) in [5, 5.41) is 10.2. The molecule has 14 heavy (non-hydrogen) atoms. The normalized spacial score (nSPS) is 11.1. The largest absolute Gasteiger partial charge is 0.392 e. The van der Waals surface area contributed by atoms with Crippen molar-refractivity contribution in [3.05, 3.63) is 35.5 Å². The summed E-state index contributed by atoms with van der Waals surface area (Å²) < 4.78 is 2.01. The second kappa shape index (κ2) is 3.44. The van der Waals surface area contributed by atoms with Gasteiger partial charge in [-0.2, -0.15) is 0 Å². The molecule has 3 nitrogen and oxygen atoms in total. The van der Waals surface area contributed by atoms with Crippen LogP contribution >= 0.6 is 0 Å². The molecule has 0 unspecified atom stereocenters. The van der Waals surface area contributed by atoms with E-state index in [-0.39, 0.29) is 6.61 Å². The highest BCUT2D eigenvalue weighted by Crippen LogP contribution is 2.21. The second-order valence-corrected chi connectivity index (χ2v) is 3.48. The van der Waals surface area contributed by atoms with Gasteiger partial charge in [-0.3, -0.25) is 0 Å². The van der Waals surface area contributed by atoms with Crippen LogP contribution in [0.15, 0.2) is 24.4 Å². The van der Waals surface area contributed by atoms with Gasteiger partial charge in [0.2, 0.25) is 0 Å². The standard InChI is InChI=1S/C11H14N2O/c1-13-6-9(7-14)10-3-2-8(5-12)4-11(10)13/h2-4,6,14H,5,7,12H2,1H3. The maximum Gasteiger partial charge on any atom is 0.0702 e. The molecule has 0 amide bonds. The van der Waals surface area contributed by atoms with Crippen LogP contribution in [0.1, 0.15) is 11.1 Å². The van der Waals surface area contributed by atoms with Crippen LogP contribution in [0.2, 0.25) is 0 Å². The average molecular weight is 190 g/mol. The van der Waals surface area contributed by atoms with E-state index in [1.54, 1.807) is 0 Å². The molecule has 0 aliphatic carbocycles. The predicted molar refractivity (Wildman–Crippen MR) is 56.7 cm³/mol. The van der Waals surface area contributed by atoms with Gasteiger partial charge >= 0.3 is 0 Å². The first kappa shape index (κ1) is 9.24. The monoisotopic (exact) mass is 190 g/mol. The number of fused-ring (bicyclic) bond motifs is 1. The van der Waals surface area contributed by atoms with Crippen LogP contribution in [-0.4, -0.2) is 9.67 Å². The van der Waals surface area contributed by atoms with E-state index in [9.17, 15) is 0 Å². The quantitative estimate of drug-likeness (QED) is 0.745. The lowest BCUT2D eigenvalue weighted by Gasteiger charge is -1.99. The lowest BCUT2D eigenvalue weighted by Crippen LogP contribution is -1.96. The Hall–Kier alpha value is -1.32. The van der Waals surface area contributed by atoms with Crippen molar-refractivity contribution in [1.82, 2.24) is 4.57 Å². The highest BCUT2D eigenvalue weighted by molar-refractivity contribution is 5.84. The van der Waals surface area contributed by atoms with E-state index in [0.717, 1.165) is 22.0 Å². The molecule has 3 N–H and O–H groups in total. The topological polar surface area (TPSA) is 51.2 Å². The zero-order valence-corrected chi connectivity index (χ0v) is 8.20. The molecule has 0 atom stereocenters. The third-order valence-corrected chi connectivity index (χ3v) is 2.54. The van der Waals surface area contributed by atoms with Crippen molar-refractivity contribution in [2.24, 2.45) is 12.8 Å². The Morgan fingerprint density at radius 2 is 2.21 bits per heavy atom. The molecule has 1 aromatic heterocycles. The van der Waals surface area contributed by atoms with Crippen LogP contribution in [0.3, 0.4) is 0 Å². The molecule has 3 heteroatoms. The number of aryl methyl sites for hydroxylation is 1. The van der Waals surface area contributed by atoms with E-state index in [1.165, 1.54) is 0 Å². The van der Waals surface area contributed by atoms with Crippen LogP contribution < -0.4 is 5.73 Å². The zero-order chi connectivity index (χ0) is 10.1. The first-order valence-corrected chi connectivity index (χ1v) is 4.64. The summed E-state index contributed by atoms with van der Waals surface area (Å²) in [5.41, 5.74) is 8.77. The molecule has 2 aromatic rings. The highest BCUT2D eigenvalue weighted by atomic mass is 16.3. The minimum absolute atomic E-state index is 0.0827. The molecule has 0 bridgehead atoms. The summed E-state index contributed by atoms with van der Waals surface area (Å²) in [6, 6.07) is 6.08. The Labute approximate surface area is 82.8 Å². The molecule has 0 saturated carbocycles. The molecule has 74 valence electrons. The molecule has 0 fully saturated rings. The zero-order valence-electron chi connectivity index (χ0n) is 8.20. The van der Waals surface area contributed by atoms with Gasteiger partial charge in [0.1, 0.15) is 0 Å². The van der Waals surface area contributed by atoms with Gasteiger partial charge < -0.3 is 15.4 Å². The van der Waals surface area contributed by atoms with Gasteiger partial charge in [-0.1, -0.05) is 12.1 Å². The van der Waals surface area contributed by atoms with Crippen molar-refractivity contribution in [2.75, 3.05) is 0 Å². The van der Waals surface area contributed by atoms with E-state index < -0.39 is 0 Å². The number of rotatable bonds is 2. The molecule has 0 saturated heterocycles. The first-order valence-electron chi connectivity index (χ1n) is 4.64. The fourth-order valence-corrected chi connectivity index (χ4v) is 1.77. The molecule has 0 spiro atoms. The molecule has 0 aliphatic rings. The Bertz CT molecular complexity index is 460. The van der Waals surface area contributed by atoms with Gasteiger partial charge in [-0.25, -0.2) is 0 Å². The first-order chi connectivity index (χ1) is 6.76. The van der Waals surface area contributed by atoms with Crippen LogP contribution in [0.4, 0.5) is 0 Å². The molecule has 0 aliphatic heterocycles. The van der Waals surface area contributed by atoms with Crippen LogP contribution in [0, 0.1) is 0 Å². The van der Waals surface area contributed by atoms with Crippen LogP contribution in [0.5, 0.6) is 0 Å². The van der Waals surface area contributed by atoms with Crippen molar-refractivity contribution >= 4 is 10.9 Å². The van der Waals surface area contributed by atoms with Crippen molar-refractivity contribution in [3.63, 3.8) is 0 Å². The smallest absolute Gasteiger partial charge is 0.0702 e. The van der Waals surface area contributed by atoms with Crippen LogP contribution in [-0.2, 0) is 20.2 Å². The number of aliphatic hydroxyl groups excluding tert-OH is 1. The third kappa shape index (κ3) is 1.31. The number of aromatic nitrogens is 1. The van der Waals surface area contributed by atoms with Gasteiger partial charge in [0.25, 0.3) is 0 Å². The van der Waals surface area contributed by atoms with Gasteiger partial charge in [-0.15, -0.1) is 0 Å². The maximum atomic E-state index is 9.14. The van der Waals surface area contributed by atoms with Crippen molar-refractivity contribution in [1.29, 1.82) is 0 Å². The number of nitrogens with two attached hydrogens (primary N) is 1. The second-order valence-electron chi connectivity index (χ2n) is 3.48. The fourth-order valence-electron chi connectivity index (χ4n) is 1.77. The van der Waals surface area contributed by atoms with Gasteiger partial charge in [0.05, 0.1) is 6.61 Å². The molecule has 0 radical (unpaired) electrons. The lowest BCUT2D eigenvalue weighted by atomic mass is 10.1. The number of nitrogens with zero attached hydrogens (tertiary/aromatic N) is 1. The van der Waals surface area contributed by atoms with Crippen molar-refractivity contribution < 1.29 is 5.11 Å². The lowest BCUT2D eigenvalue weighted by molar-refractivity contribution is 0.283. The van der Waals surface area contributed by atoms with E-state index in [0.29, 0.717) is 6.54 Å². The maximum absolute atomic E-state index is 9.14. The average Bonchev–Trinajstić information content (AvgIpc) is 2.55. The highest BCUT2D eigenvalue weighted by Gasteiger charge is 2.05. The number of hydrogen-bond acceptors (Lipinski definition) is 2. The van der Waals surface area contributed by atoms with Gasteiger partial charge in [-0.05, 0) is 11.6 Å². The molecule has 1 heterocycles. The predicted octanol–water partition coefficient (Wildman–Crippen LogP) is 1.13. The summed E-state index contributed by atoms with van der Waals surface area (Å²) in [7, 11) is 1.97. The number of hydrogen-bond donors (Lipinski definition) is 2. The minimum Gasteiger partial charge on any atom is -0.392 e. The molecule has 1 aromatic carbocycles. The number of aliphatic hydroxyl groups is 1. The van der Waals surface area contributed by atoms with Crippen LogP contribution in [0.25, 0.3) is 10.9 Å². The summed E-state index contributed by atoms with van der Waals surface area (Å²) in [5.74, 6) is 0. The fraction of sp³-hybridized carbons (Fsp3) is 0.273. The molecule has 2 rings (SSSR count). The molecular weight excluding hydrogens is 176 g/mol. The Morgan fingerprint density at radius 3 is 2.86 bits per heavy atom. The summed E-state index contributed by atoms with van der Waals surface area (Å²) >= 11 is 0. The van der Waals surface area contributed by atoms with E-state index in [2.05, 4.69) is 6.07 Å². The number of benzene rings is 1.